The number of carboxylic acid groups (broad SMARTS) is 1. The molecular formula is C21H40O4. The molecule has 0 spiro atoms. The summed E-state index contributed by atoms with van der Waals surface area (Å²) in [6.07, 6.45) is 18.6. The van der Waals surface area contributed by atoms with Crippen molar-refractivity contribution in [1.82, 2.24) is 0 Å². The van der Waals surface area contributed by atoms with Crippen LogP contribution in [0.2, 0.25) is 0 Å². The Bertz CT molecular complexity index is 315. The van der Waals surface area contributed by atoms with Crippen LogP contribution in [0.25, 0.3) is 0 Å². The van der Waals surface area contributed by atoms with Crippen LogP contribution in [0.1, 0.15) is 116 Å². The molecule has 0 saturated carbocycles. The highest BCUT2D eigenvalue weighted by molar-refractivity contribution is 5.69. The number of carbonyl (C=O) groups is 2. The lowest BCUT2D eigenvalue weighted by molar-refractivity contribution is -0.144. The lowest BCUT2D eigenvalue weighted by Crippen LogP contribution is -2.06. The van der Waals surface area contributed by atoms with Crippen LogP contribution in [0.5, 0.6) is 0 Å². The Kier molecular flexibility index (Phi) is 18.5. The van der Waals surface area contributed by atoms with Gasteiger partial charge in [-0.2, -0.15) is 0 Å². The molecule has 0 atom stereocenters. The molecule has 0 unspecified atom stereocenters. The third-order valence-electron chi connectivity index (χ3n) is 4.53. The van der Waals surface area contributed by atoms with Gasteiger partial charge in [0.05, 0.1) is 6.61 Å². The van der Waals surface area contributed by atoms with Crippen molar-refractivity contribution in [3.8, 4) is 0 Å². The average molecular weight is 357 g/mol. The number of aliphatic carboxylic acids is 1. The molecule has 0 aliphatic heterocycles. The van der Waals surface area contributed by atoms with Gasteiger partial charge >= 0.3 is 11.9 Å². The van der Waals surface area contributed by atoms with Gasteiger partial charge < -0.3 is 9.84 Å². The predicted octanol–water partition coefficient (Wildman–Crippen LogP) is 6.27. The zero-order chi connectivity index (χ0) is 18.6. The fourth-order valence-electron chi connectivity index (χ4n) is 2.92. The van der Waals surface area contributed by atoms with Crippen LogP contribution < -0.4 is 0 Å². The largest absolute Gasteiger partial charge is 0.481 e. The van der Waals surface area contributed by atoms with E-state index >= 15 is 0 Å². The predicted molar refractivity (Wildman–Crippen MR) is 103 cm³/mol. The highest BCUT2D eigenvalue weighted by Crippen LogP contribution is 2.12. The van der Waals surface area contributed by atoms with E-state index in [0.717, 1.165) is 12.8 Å². The fraction of sp³-hybridized carbons (Fsp3) is 0.905. The summed E-state index contributed by atoms with van der Waals surface area (Å²) in [5.74, 6) is -0.996. The monoisotopic (exact) mass is 356 g/mol. The maximum absolute atomic E-state index is 11.4. The molecule has 0 fully saturated rings. The van der Waals surface area contributed by atoms with Crippen LogP contribution in [0.4, 0.5) is 0 Å². The van der Waals surface area contributed by atoms with Gasteiger partial charge in [-0.05, 0) is 19.3 Å². The number of ether oxygens (including phenoxy) is 1. The number of hydrogen-bond donors (Lipinski definition) is 1. The minimum absolute atomic E-state index is 0.131. The van der Waals surface area contributed by atoms with Crippen molar-refractivity contribution in [2.45, 2.75) is 116 Å². The van der Waals surface area contributed by atoms with E-state index in [1.54, 1.807) is 0 Å². The number of esters is 1. The molecule has 1 N–H and O–H groups in total. The molecule has 148 valence electrons. The van der Waals surface area contributed by atoms with Crippen LogP contribution in [-0.4, -0.2) is 23.7 Å². The Hall–Kier alpha value is -1.06. The summed E-state index contributed by atoms with van der Waals surface area (Å²) in [5, 5.41) is 8.51. The molecule has 0 amide bonds. The van der Waals surface area contributed by atoms with Crippen molar-refractivity contribution >= 4 is 11.9 Å². The van der Waals surface area contributed by atoms with Gasteiger partial charge in [-0.25, -0.2) is 0 Å². The van der Waals surface area contributed by atoms with Crippen LogP contribution in [0, 0.1) is 0 Å². The first-order valence-corrected chi connectivity index (χ1v) is 10.5. The van der Waals surface area contributed by atoms with E-state index in [0.29, 0.717) is 25.9 Å². The Balaban J connectivity index is 3.13. The van der Waals surface area contributed by atoms with Crippen molar-refractivity contribution in [1.29, 1.82) is 0 Å². The van der Waals surface area contributed by atoms with Crippen LogP contribution >= 0.6 is 0 Å². The average Bonchev–Trinajstić information content (AvgIpc) is 2.59. The molecule has 0 aromatic heterocycles. The topological polar surface area (TPSA) is 63.6 Å². The summed E-state index contributed by atoms with van der Waals surface area (Å²) in [4.78, 5) is 21.8. The van der Waals surface area contributed by atoms with Gasteiger partial charge in [0.1, 0.15) is 0 Å². The fourth-order valence-corrected chi connectivity index (χ4v) is 2.92. The molecule has 0 saturated heterocycles. The van der Waals surface area contributed by atoms with Crippen LogP contribution in [0.15, 0.2) is 0 Å². The summed E-state index contributed by atoms with van der Waals surface area (Å²) in [6, 6.07) is 0. The molecule has 0 bridgehead atoms. The van der Waals surface area contributed by atoms with E-state index in [4.69, 9.17) is 9.84 Å². The lowest BCUT2D eigenvalue weighted by Gasteiger charge is -2.05. The van der Waals surface area contributed by atoms with Crippen LogP contribution in [-0.2, 0) is 14.3 Å². The Labute approximate surface area is 154 Å². The molecule has 4 nitrogen and oxygen atoms in total. The van der Waals surface area contributed by atoms with E-state index in [-0.39, 0.29) is 12.4 Å². The number of unbranched alkanes of at least 4 members (excludes halogenated alkanes) is 13. The number of rotatable bonds is 19. The molecule has 0 aliphatic carbocycles. The summed E-state index contributed by atoms with van der Waals surface area (Å²) in [7, 11) is 0. The van der Waals surface area contributed by atoms with Crippen LogP contribution in [0.3, 0.4) is 0 Å². The molecule has 0 aromatic carbocycles. The maximum atomic E-state index is 11.4. The summed E-state index contributed by atoms with van der Waals surface area (Å²) in [5.41, 5.74) is 0. The van der Waals surface area contributed by atoms with Gasteiger partial charge in [-0.3, -0.25) is 9.59 Å². The summed E-state index contributed by atoms with van der Waals surface area (Å²) >= 11 is 0. The van der Waals surface area contributed by atoms with Gasteiger partial charge in [0, 0.05) is 12.8 Å². The third kappa shape index (κ3) is 20.9. The first-order chi connectivity index (χ1) is 12.2. The summed E-state index contributed by atoms with van der Waals surface area (Å²) in [6.45, 7) is 2.77. The van der Waals surface area contributed by atoms with Crippen molar-refractivity contribution in [3.63, 3.8) is 0 Å². The molecule has 4 heteroatoms. The highest BCUT2D eigenvalue weighted by atomic mass is 16.5. The quantitative estimate of drug-likeness (QED) is 0.219. The first-order valence-electron chi connectivity index (χ1n) is 10.5. The van der Waals surface area contributed by atoms with E-state index in [1.165, 1.54) is 70.6 Å². The SMILES string of the molecule is CCCCCCCCCCCCCCCOC(=O)CCCCC(=O)O. The lowest BCUT2D eigenvalue weighted by atomic mass is 10.0. The second kappa shape index (κ2) is 19.3. The minimum atomic E-state index is -0.805. The molecule has 0 aromatic rings. The van der Waals surface area contributed by atoms with Gasteiger partial charge in [0.2, 0.25) is 0 Å². The van der Waals surface area contributed by atoms with Crippen molar-refractivity contribution < 1.29 is 19.4 Å². The van der Waals surface area contributed by atoms with Crippen molar-refractivity contribution in [2.75, 3.05) is 6.61 Å². The van der Waals surface area contributed by atoms with Gasteiger partial charge in [0.15, 0.2) is 0 Å². The summed E-state index contributed by atoms with van der Waals surface area (Å²) < 4.78 is 5.16. The minimum Gasteiger partial charge on any atom is -0.481 e. The van der Waals surface area contributed by atoms with Gasteiger partial charge in [-0.15, -0.1) is 0 Å². The number of carboxylic acids is 1. The number of carbonyl (C=O) groups excluding carboxylic acids is 1. The molecule has 25 heavy (non-hydrogen) atoms. The molecular weight excluding hydrogens is 316 g/mol. The molecule has 0 rings (SSSR count). The van der Waals surface area contributed by atoms with E-state index in [9.17, 15) is 9.59 Å². The van der Waals surface area contributed by atoms with Crippen molar-refractivity contribution in [3.05, 3.63) is 0 Å². The van der Waals surface area contributed by atoms with E-state index < -0.39 is 5.97 Å². The first kappa shape index (κ1) is 23.9. The number of hydrogen-bond acceptors (Lipinski definition) is 3. The molecule has 0 aliphatic rings. The van der Waals surface area contributed by atoms with Crippen molar-refractivity contribution in [2.24, 2.45) is 0 Å². The zero-order valence-electron chi connectivity index (χ0n) is 16.4. The van der Waals surface area contributed by atoms with E-state index in [2.05, 4.69) is 6.92 Å². The molecule has 0 radical (unpaired) electrons. The zero-order valence-corrected chi connectivity index (χ0v) is 16.4. The Morgan fingerprint density at radius 2 is 1.08 bits per heavy atom. The van der Waals surface area contributed by atoms with Gasteiger partial charge in [0.25, 0.3) is 0 Å². The van der Waals surface area contributed by atoms with Gasteiger partial charge in [-0.1, -0.05) is 84.0 Å². The second-order valence-electron chi connectivity index (χ2n) is 7.06. The standard InChI is InChI=1S/C21H40O4/c1-2-3-4-5-6-7-8-9-10-11-12-13-16-19-25-21(24)18-15-14-17-20(22)23/h2-19H2,1H3,(H,22,23). The van der Waals surface area contributed by atoms with E-state index in [1.807, 2.05) is 0 Å². The Morgan fingerprint density at radius 1 is 0.640 bits per heavy atom. The second-order valence-corrected chi connectivity index (χ2v) is 7.06. The Morgan fingerprint density at radius 3 is 1.56 bits per heavy atom. The maximum Gasteiger partial charge on any atom is 0.305 e. The smallest absolute Gasteiger partial charge is 0.305 e. The molecule has 0 heterocycles. The normalized spacial score (nSPS) is 10.8. The highest BCUT2D eigenvalue weighted by Gasteiger charge is 2.04. The third-order valence-corrected chi connectivity index (χ3v) is 4.53.